The second-order valence-electron chi connectivity index (χ2n) is 5.46. The number of nitrogens with zero attached hydrogens (tertiary/aromatic N) is 1. The van der Waals surface area contributed by atoms with Gasteiger partial charge < -0.3 is 21.5 Å². The monoisotopic (exact) mass is 292 g/mol. The first kappa shape index (κ1) is 15.7. The third-order valence-electron chi connectivity index (χ3n) is 3.70. The van der Waals surface area contributed by atoms with E-state index in [1.807, 2.05) is 6.07 Å². The number of nitrogens with two attached hydrogens (primary N) is 2. The van der Waals surface area contributed by atoms with Gasteiger partial charge in [0.25, 0.3) is 5.91 Å². The zero-order chi connectivity index (χ0) is 15.1. The van der Waals surface area contributed by atoms with Crippen LogP contribution < -0.4 is 16.8 Å². The summed E-state index contributed by atoms with van der Waals surface area (Å²) in [6.45, 7) is 1.48. The molecule has 1 aliphatic carbocycles. The molecule has 21 heavy (non-hydrogen) atoms. The number of pyridine rings is 1. The molecule has 1 aromatic rings. The van der Waals surface area contributed by atoms with Crippen molar-refractivity contribution >= 4 is 11.7 Å². The third-order valence-corrected chi connectivity index (χ3v) is 3.70. The molecule has 6 nitrogen and oxygen atoms in total. The van der Waals surface area contributed by atoms with E-state index in [4.69, 9.17) is 16.2 Å². The Kier molecular flexibility index (Phi) is 5.95. The Labute approximate surface area is 125 Å². The summed E-state index contributed by atoms with van der Waals surface area (Å²) in [5.41, 5.74) is 11.3. The molecule has 5 N–H and O–H groups in total. The highest BCUT2D eigenvalue weighted by molar-refractivity contribution is 5.91. The van der Waals surface area contributed by atoms with Crippen LogP contribution in [-0.4, -0.2) is 36.2 Å². The number of nitrogens with one attached hydrogen (secondary N) is 1. The van der Waals surface area contributed by atoms with Crippen molar-refractivity contribution in [3.8, 4) is 0 Å². The number of hydrogen-bond acceptors (Lipinski definition) is 5. The highest BCUT2D eigenvalue weighted by Crippen LogP contribution is 2.19. The number of primary amides is 1. The Morgan fingerprint density at radius 2 is 2.10 bits per heavy atom. The molecule has 1 heterocycles. The number of carbonyl (C=O) groups is 1. The molecule has 1 saturated carbocycles. The fourth-order valence-electron chi connectivity index (χ4n) is 2.46. The van der Waals surface area contributed by atoms with Crippen LogP contribution in [0, 0.1) is 0 Å². The van der Waals surface area contributed by atoms with Gasteiger partial charge in [0.05, 0.1) is 6.10 Å². The van der Waals surface area contributed by atoms with Gasteiger partial charge in [-0.05, 0) is 44.2 Å². The van der Waals surface area contributed by atoms with Crippen molar-refractivity contribution in [2.75, 3.05) is 18.5 Å². The van der Waals surface area contributed by atoms with Gasteiger partial charge in [-0.3, -0.25) is 4.79 Å². The number of rotatable bonds is 7. The van der Waals surface area contributed by atoms with Crippen molar-refractivity contribution in [3.05, 3.63) is 23.9 Å². The fraction of sp³-hybridized carbons (Fsp3) is 0.600. The van der Waals surface area contributed by atoms with Gasteiger partial charge in [0.1, 0.15) is 11.5 Å². The van der Waals surface area contributed by atoms with E-state index in [9.17, 15) is 4.79 Å². The van der Waals surface area contributed by atoms with Crippen molar-refractivity contribution < 1.29 is 9.53 Å². The SMILES string of the molecule is NC(=O)c1cccc(NCCCOC2CCC(N)CC2)n1. The summed E-state index contributed by atoms with van der Waals surface area (Å²) >= 11 is 0. The van der Waals surface area contributed by atoms with E-state index in [1.165, 1.54) is 0 Å². The molecule has 0 saturated heterocycles. The van der Waals surface area contributed by atoms with E-state index in [0.717, 1.165) is 45.3 Å². The predicted octanol–water partition coefficient (Wildman–Crippen LogP) is 1.27. The molecule has 0 spiro atoms. The van der Waals surface area contributed by atoms with E-state index < -0.39 is 5.91 Å². The molecule has 1 amide bonds. The van der Waals surface area contributed by atoms with Gasteiger partial charge in [-0.1, -0.05) is 6.07 Å². The van der Waals surface area contributed by atoms with Crippen molar-refractivity contribution in [1.29, 1.82) is 0 Å². The van der Waals surface area contributed by atoms with Crippen LogP contribution in [0.3, 0.4) is 0 Å². The van der Waals surface area contributed by atoms with Gasteiger partial charge in [-0.2, -0.15) is 0 Å². The topological polar surface area (TPSA) is 103 Å². The molecule has 0 aliphatic heterocycles. The van der Waals surface area contributed by atoms with Gasteiger partial charge in [-0.25, -0.2) is 4.98 Å². The molecule has 0 aromatic carbocycles. The first-order valence-corrected chi connectivity index (χ1v) is 7.53. The van der Waals surface area contributed by atoms with Gasteiger partial charge >= 0.3 is 0 Å². The summed E-state index contributed by atoms with van der Waals surface area (Å²) in [7, 11) is 0. The Hall–Kier alpha value is -1.66. The lowest BCUT2D eigenvalue weighted by Gasteiger charge is -2.26. The highest BCUT2D eigenvalue weighted by Gasteiger charge is 2.18. The van der Waals surface area contributed by atoms with Crippen LogP contribution in [0.1, 0.15) is 42.6 Å². The number of aromatic nitrogens is 1. The molecule has 6 heteroatoms. The van der Waals surface area contributed by atoms with E-state index in [1.54, 1.807) is 12.1 Å². The zero-order valence-electron chi connectivity index (χ0n) is 12.3. The average molecular weight is 292 g/mol. The second-order valence-corrected chi connectivity index (χ2v) is 5.46. The molecule has 0 radical (unpaired) electrons. The van der Waals surface area contributed by atoms with Crippen molar-refractivity contribution in [2.45, 2.75) is 44.2 Å². The lowest BCUT2D eigenvalue weighted by atomic mass is 9.94. The molecule has 1 aliphatic rings. The van der Waals surface area contributed by atoms with Crippen LogP contribution in [0.5, 0.6) is 0 Å². The first-order valence-electron chi connectivity index (χ1n) is 7.53. The van der Waals surface area contributed by atoms with Gasteiger partial charge in [0.15, 0.2) is 0 Å². The molecule has 0 unspecified atom stereocenters. The summed E-state index contributed by atoms with van der Waals surface area (Å²) in [5, 5.41) is 3.17. The first-order chi connectivity index (χ1) is 10.1. The number of hydrogen-bond donors (Lipinski definition) is 3. The molecular formula is C15H24N4O2. The van der Waals surface area contributed by atoms with Gasteiger partial charge in [-0.15, -0.1) is 0 Å². The van der Waals surface area contributed by atoms with E-state index in [0.29, 0.717) is 18.0 Å². The Bertz CT molecular complexity index is 459. The number of anilines is 1. The third kappa shape index (κ3) is 5.32. The molecule has 1 fully saturated rings. The van der Waals surface area contributed by atoms with E-state index in [2.05, 4.69) is 10.3 Å². The van der Waals surface area contributed by atoms with Crippen LogP contribution in [0.25, 0.3) is 0 Å². The zero-order valence-corrected chi connectivity index (χ0v) is 12.3. The maximum absolute atomic E-state index is 11.0. The normalized spacial score (nSPS) is 22.0. The number of ether oxygens (including phenoxy) is 1. The van der Waals surface area contributed by atoms with E-state index >= 15 is 0 Å². The van der Waals surface area contributed by atoms with Crippen molar-refractivity contribution in [3.63, 3.8) is 0 Å². The lowest BCUT2D eigenvalue weighted by molar-refractivity contribution is 0.0251. The van der Waals surface area contributed by atoms with E-state index in [-0.39, 0.29) is 5.69 Å². The smallest absolute Gasteiger partial charge is 0.267 e. The fourth-order valence-corrected chi connectivity index (χ4v) is 2.46. The summed E-state index contributed by atoms with van der Waals surface area (Å²) in [4.78, 5) is 15.2. The minimum Gasteiger partial charge on any atom is -0.378 e. The average Bonchev–Trinajstić information content (AvgIpc) is 2.49. The minimum atomic E-state index is -0.516. The second kappa shape index (κ2) is 7.95. The van der Waals surface area contributed by atoms with Crippen LogP contribution in [-0.2, 0) is 4.74 Å². The molecular weight excluding hydrogens is 268 g/mol. The molecule has 2 rings (SSSR count). The molecule has 0 atom stereocenters. The van der Waals surface area contributed by atoms with Crippen LogP contribution in [0.15, 0.2) is 18.2 Å². The summed E-state index contributed by atoms with van der Waals surface area (Å²) in [6.07, 6.45) is 5.51. The number of amides is 1. The van der Waals surface area contributed by atoms with Gasteiger partial charge in [0.2, 0.25) is 0 Å². The maximum atomic E-state index is 11.0. The predicted molar refractivity (Wildman–Crippen MR) is 82.0 cm³/mol. The Morgan fingerprint density at radius 3 is 2.81 bits per heavy atom. The molecule has 116 valence electrons. The van der Waals surface area contributed by atoms with Crippen molar-refractivity contribution in [1.82, 2.24) is 4.98 Å². The van der Waals surface area contributed by atoms with Gasteiger partial charge in [0, 0.05) is 19.2 Å². The molecule has 0 bridgehead atoms. The van der Waals surface area contributed by atoms with Crippen molar-refractivity contribution in [2.24, 2.45) is 11.5 Å². The summed E-state index contributed by atoms with van der Waals surface area (Å²) in [6, 6.07) is 5.53. The Balaban J connectivity index is 1.61. The standard InChI is InChI=1S/C15H24N4O2/c16-11-5-7-12(8-6-11)21-10-2-9-18-14-4-1-3-13(19-14)15(17)20/h1,3-4,11-12H,2,5-10,16H2,(H2,17,20)(H,18,19). The number of carbonyl (C=O) groups excluding carboxylic acids is 1. The Morgan fingerprint density at radius 1 is 1.33 bits per heavy atom. The summed E-state index contributed by atoms with van der Waals surface area (Å²) < 4.78 is 5.84. The maximum Gasteiger partial charge on any atom is 0.267 e. The van der Waals surface area contributed by atoms with Crippen LogP contribution >= 0.6 is 0 Å². The largest absolute Gasteiger partial charge is 0.378 e. The lowest BCUT2D eigenvalue weighted by Crippen LogP contribution is -2.30. The van der Waals surface area contributed by atoms with Crippen LogP contribution in [0.4, 0.5) is 5.82 Å². The van der Waals surface area contributed by atoms with Crippen LogP contribution in [0.2, 0.25) is 0 Å². The quantitative estimate of drug-likeness (QED) is 0.657. The summed E-state index contributed by atoms with van der Waals surface area (Å²) in [5.74, 6) is 0.146. The minimum absolute atomic E-state index is 0.273. The molecule has 1 aromatic heterocycles. The highest BCUT2D eigenvalue weighted by atomic mass is 16.5.